The topological polar surface area (TPSA) is 107 Å². The quantitative estimate of drug-likeness (QED) is 0.618. The van der Waals surface area contributed by atoms with Crippen molar-refractivity contribution in [2.45, 2.75) is 55.6 Å². The molecule has 27 heavy (non-hydrogen) atoms. The molecule has 1 N–H and O–H groups in total. The first-order valence-electron chi connectivity index (χ1n) is 9.13. The fourth-order valence-electron chi connectivity index (χ4n) is 5.50. The SMILES string of the molecule is CC(=O)OC12CC3CC(C1)C(OC(=O)c1cccc(S(=O)(=O)O)c1)C(C3)C2. The molecule has 1 aromatic carbocycles. The Balaban J connectivity index is 1.51. The van der Waals surface area contributed by atoms with E-state index in [4.69, 9.17) is 14.0 Å². The summed E-state index contributed by atoms with van der Waals surface area (Å²) in [5.41, 5.74) is -0.329. The summed E-state index contributed by atoms with van der Waals surface area (Å²) in [4.78, 5) is 23.8. The zero-order chi connectivity index (χ0) is 19.4. The van der Waals surface area contributed by atoms with E-state index in [1.165, 1.54) is 25.1 Å². The monoisotopic (exact) mass is 394 g/mol. The Morgan fingerprint density at radius 1 is 1.15 bits per heavy atom. The summed E-state index contributed by atoms with van der Waals surface area (Å²) < 4.78 is 43.2. The van der Waals surface area contributed by atoms with Gasteiger partial charge in [0.05, 0.1) is 10.5 Å². The summed E-state index contributed by atoms with van der Waals surface area (Å²) in [5.74, 6) is -0.0969. The first kappa shape index (κ1) is 18.4. The van der Waals surface area contributed by atoms with Gasteiger partial charge in [0.1, 0.15) is 11.7 Å². The molecule has 4 aliphatic rings. The number of hydrogen-bond donors (Lipinski definition) is 1. The molecule has 0 aromatic heterocycles. The molecule has 2 atom stereocenters. The van der Waals surface area contributed by atoms with E-state index in [9.17, 15) is 18.0 Å². The van der Waals surface area contributed by atoms with Gasteiger partial charge in [-0.1, -0.05) is 6.07 Å². The van der Waals surface area contributed by atoms with E-state index in [-0.39, 0.29) is 34.4 Å². The van der Waals surface area contributed by atoms with Gasteiger partial charge in [0.2, 0.25) is 0 Å². The highest BCUT2D eigenvalue weighted by Gasteiger charge is 2.58. The largest absolute Gasteiger partial charge is 0.459 e. The summed E-state index contributed by atoms with van der Waals surface area (Å²) in [6.45, 7) is 1.43. The lowest BCUT2D eigenvalue weighted by Gasteiger charge is -2.58. The molecule has 4 bridgehead atoms. The van der Waals surface area contributed by atoms with Crippen molar-refractivity contribution in [2.24, 2.45) is 17.8 Å². The van der Waals surface area contributed by atoms with Gasteiger partial charge >= 0.3 is 11.9 Å². The van der Waals surface area contributed by atoms with Gasteiger partial charge in [-0.15, -0.1) is 0 Å². The first-order valence-corrected chi connectivity index (χ1v) is 10.6. The van der Waals surface area contributed by atoms with E-state index in [1.807, 2.05) is 0 Å². The van der Waals surface area contributed by atoms with Crippen LogP contribution in [0.2, 0.25) is 0 Å². The van der Waals surface area contributed by atoms with E-state index in [2.05, 4.69) is 0 Å². The minimum atomic E-state index is -4.38. The Labute approximate surface area is 157 Å². The molecule has 0 heterocycles. The fourth-order valence-corrected chi connectivity index (χ4v) is 6.03. The van der Waals surface area contributed by atoms with Crippen LogP contribution in [0.3, 0.4) is 0 Å². The second kappa shape index (κ2) is 6.31. The number of hydrogen-bond acceptors (Lipinski definition) is 6. The molecule has 5 rings (SSSR count). The molecule has 0 aliphatic heterocycles. The second-order valence-electron chi connectivity index (χ2n) is 8.12. The van der Waals surface area contributed by atoms with Gasteiger partial charge in [0.25, 0.3) is 10.1 Å². The Morgan fingerprint density at radius 3 is 2.41 bits per heavy atom. The number of rotatable bonds is 4. The highest BCUT2D eigenvalue weighted by molar-refractivity contribution is 7.85. The number of carbonyl (C=O) groups is 2. The summed E-state index contributed by atoms with van der Waals surface area (Å²) >= 11 is 0. The number of ether oxygens (including phenoxy) is 2. The Hall–Kier alpha value is -1.93. The average molecular weight is 394 g/mol. The predicted molar refractivity (Wildman–Crippen MR) is 93.5 cm³/mol. The van der Waals surface area contributed by atoms with Crippen LogP contribution in [0.4, 0.5) is 0 Å². The van der Waals surface area contributed by atoms with Crippen molar-refractivity contribution in [3.8, 4) is 0 Å². The molecule has 0 radical (unpaired) electrons. The zero-order valence-electron chi connectivity index (χ0n) is 15.0. The normalized spacial score (nSPS) is 34.3. The van der Waals surface area contributed by atoms with Crippen molar-refractivity contribution < 1.29 is 32.0 Å². The van der Waals surface area contributed by atoms with E-state index < -0.39 is 21.7 Å². The van der Waals surface area contributed by atoms with Crippen LogP contribution in [0.15, 0.2) is 29.2 Å². The van der Waals surface area contributed by atoms with E-state index in [0.29, 0.717) is 18.8 Å². The molecule has 0 amide bonds. The lowest BCUT2D eigenvalue weighted by molar-refractivity contribution is -0.204. The van der Waals surface area contributed by atoms with Crippen LogP contribution in [0.25, 0.3) is 0 Å². The van der Waals surface area contributed by atoms with Crippen molar-refractivity contribution in [1.82, 2.24) is 0 Å². The minimum absolute atomic E-state index is 0.0913. The molecule has 4 saturated carbocycles. The third-order valence-electron chi connectivity index (χ3n) is 6.10. The van der Waals surface area contributed by atoms with Crippen molar-refractivity contribution in [1.29, 1.82) is 0 Å². The second-order valence-corrected chi connectivity index (χ2v) is 9.54. The van der Waals surface area contributed by atoms with Crippen LogP contribution in [-0.2, 0) is 24.4 Å². The summed E-state index contributed by atoms with van der Waals surface area (Å²) in [6.07, 6.45) is 3.92. The molecule has 1 aromatic rings. The minimum Gasteiger partial charge on any atom is -0.459 e. The molecule has 7 nitrogen and oxygen atoms in total. The molecule has 146 valence electrons. The first-order chi connectivity index (χ1) is 12.7. The highest BCUT2D eigenvalue weighted by atomic mass is 32.2. The van der Waals surface area contributed by atoms with Crippen LogP contribution >= 0.6 is 0 Å². The maximum atomic E-state index is 12.6. The molecular weight excluding hydrogens is 372 g/mol. The van der Waals surface area contributed by atoms with Gasteiger partial charge < -0.3 is 9.47 Å². The van der Waals surface area contributed by atoms with Crippen molar-refractivity contribution in [2.75, 3.05) is 0 Å². The molecule has 4 aliphatic carbocycles. The van der Waals surface area contributed by atoms with Crippen molar-refractivity contribution in [3.63, 3.8) is 0 Å². The van der Waals surface area contributed by atoms with E-state index in [1.54, 1.807) is 0 Å². The number of esters is 2. The van der Waals surface area contributed by atoms with Crippen molar-refractivity contribution >= 4 is 22.1 Å². The van der Waals surface area contributed by atoms with Crippen LogP contribution in [-0.4, -0.2) is 36.6 Å². The molecule has 0 saturated heterocycles. The van der Waals surface area contributed by atoms with E-state index >= 15 is 0 Å². The number of carbonyl (C=O) groups excluding carboxylic acids is 2. The molecule has 0 spiro atoms. The van der Waals surface area contributed by atoms with Crippen LogP contribution in [0, 0.1) is 17.8 Å². The summed E-state index contributed by atoms with van der Waals surface area (Å²) in [6, 6.07) is 5.20. The van der Waals surface area contributed by atoms with Gasteiger partial charge in [-0.2, -0.15) is 8.42 Å². The van der Waals surface area contributed by atoms with Gasteiger partial charge in [-0.25, -0.2) is 4.79 Å². The maximum Gasteiger partial charge on any atom is 0.338 e. The van der Waals surface area contributed by atoms with Crippen LogP contribution in [0.5, 0.6) is 0 Å². The summed E-state index contributed by atoms with van der Waals surface area (Å²) in [7, 11) is -4.38. The third-order valence-corrected chi connectivity index (χ3v) is 6.95. The molecular formula is C19H22O7S. The van der Waals surface area contributed by atoms with Crippen LogP contribution in [0.1, 0.15) is 49.4 Å². The van der Waals surface area contributed by atoms with Crippen molar-refractivity contribution in [3.05, 3.63) is 29.8 Å². The predicted octanol–water partition coefficient (Wildman–Crippen LogP) is 2.60. The fraction of sp³-hybridized carbons (Fsp3) is 0.579. The molecule has 2 unspecified atom stereocenters. The molecule has 4 fully saturated rings. The van der Waals surface area contributed by atoms with Gasteiger partial charge in [-0.3, -0.25) is 9.35 Å². The molecule has 8 heteroatoms. The lowest BCUT2D eigenvalue weighted by atomic mass is 9.53. The zero-order valence-corrected chi connectivity index (χ0v) is 15.8. The smallest absolute Gasteiger partial charge is 0.338 e. The van der Waals surface area contributed by atoms with Crippen LogP contribution < -0.4 is 0 Å². The Morgan fingerprint density at radius 2 is 1.81 bits per heavy atom. The summed E-state index contributed by atoms with van der Waals surface area (Å²) in [5, 5.41) is 0. The van der Waals surface area contributed by atoms with Gasteiger partial charge in [0.15, 0.2) is 0 Å². The van der Waals surface area contributed by atoms with Gasteiger partial charge in [-0.05, 0) is 56.2 Å². The van der Waals surface area contributed by atoms with E-state index in [0.717, 1.165) is 25.3 Å². The Bertz CT molecular complexity index is 875. The Kier molecular flexibility index (Phi) is 4.31. The standard InChI is InChI=1S/C19H22O7S/c1-11(20)26-19-8-12-5-14(9-19)17(15(6-12)10-19)25-18(21)13-3-2-4-16(7-13)27(22,23)24/h2-4,7,12,14-15,17H,5-6,8-10H2,1H3,(H,22,23,24). The number of benzene rings is 1. The average Bonchev–Trinajstić information content (AvgIpc) is 2.55. The highest BCUT2D eigenvalue weighted by Crippen LogP contribution is 2.58. The lowest BCUT2D eigenvalue weighted by Crippen LogP contribution is -2.59. The van der Waals surface area contributed by atoms with Gasteiger partial charge in [0, 0.05) is 18.8 Å². The third kappa shape index (κ3) is 3.48. The maximum absolute atomic E-state index is 12.6.